The number of hydrazone groups is 1. The molecule has 166 valence electrons. The van der Waals surface area contributed by atoms with Crippen molar-refractivity contribution < 1.29 is 9.53 Å². The molecule has 4 aromatic rings. The van der Waals surface area contributed by atoms with Gasteiger partial charge in [-0.05, 0) is 48.4 Å². The van der Waals surface area contributed by atoms with Gasteiger partial charge in [0.15, 0.2) is 5.16 Å². The van der Waals surface area contributed by atoms with Crippen molar-refractivity contribution in [3.8, 4) is 11.4 Å². The standard InChI is InChI=1S/C25H22N4O3S/c1-17-8-3-6-13-22(17)29-24(31)20-11-4-5-12-21(20)27-25(29)33-16-23(30)28-26-15-18-9-7-10-19(14-18)32-2/h3-15H,16H2,1-2H3,(H,28,30)/b26-15+. The molecule has 1 N–H and O–H groups in total. The normalized spacial score (nSPS) is 11.1. The summed E-state index contributed by atoms with van der Waals surface area (Å²) in [7, 11) is 1.59. The molecule has 0 bridgehead atoms. The summed E-state index contributed by atoms with van der Waals surface area (Å²) in [4.78, 5) is 30.4. The Morgan fingerprint density at radius 2 is 1.91 bits per heavy atom. The number of rotatable bonds is 7. The van der Waals surface area contributed by atoms with Gasteiger partial charge in [0.05, 0.1) is 35.7 Å². The summed E-state index contributed by atoms with van der Waals surface area (Å²) in [6, 6.07) is 22.1. The molecule has 8 heteroatoms. The van der Waals surface area contributed by atoms with Crippen molar-refractivity contribution in [2.75, 3.05) is 12.9 Å². The molecule has 0 unspecified atom stereocenters. The number of nitrogens with zero attached hydrogens (tertiary/aromatic N) is 3. The average Bonchev–Trinajstić information content (AvgIpc) is 2.84. The maximum atomic E-state index is 13.3. The molecule has 33 heavy (non-hydrogen) atoms. The molecule has 1 aromatic heterocycles. The Morgan fingerprint density at radius 3 is 2.73 bits per heavy atom. The fourth-order valence-corrected chi connectivity index (χ4v) is 4.10. The predicted octanol–water partition coefficient (Wildman–Crippen LogP) is 3.95. The van der Waals surface area contributed by atoms with Crippen molar-refractivity contribution in [3.05, 3.63) is 94.3 Å². The molecule has 0 aliphatic rings. The number of carbonyl (C=O) groups excluding carboxylic acids is 1. The smallest absolute Gasteiger partial charge is 0.266 e. The number of fused-ring (bicyclic) bond motifs is 1. The van der Waals surface area contributed by atoms with Crippen LogP contribution in [0.25, 0.3) is 16.6 Å². The SMILES string of the molecule is COc1cccc(/C=N/NC(=O)CSc2nc3ccccc3c(=O)n2-c2ccccc2C)c1. The van der Waals surface area contributed by atoms with Crippen molar-refractivity contribution in [2.24, 2.45) is 5.10 Å². The van der Waals surface area contributed by atoms with E-state index in [0.717, 1.165) is 16.8 Å². The molecule has 1 heterocycles. The molecule has 0 aliphatic carbocycles. The van der Waals surface area contributed by atoms with E-state index in [-0.39, 0.29) is 17.2 Å². The van der Waals surface area contributed by atoms with Crippen molar-refractivity contribution in [3.63, 3.8) is 0 Å². The number of hydrogen-bond donors (Lipinski definition) is 1. The molecule has 0 saturated heterocycles. The minimum atomic E-state index is -0.308. The minimum Gasteiger partial charge on any atom is -0.497 e. The number of ether oxygens (including phenoxy) is 1. The molecule has 1 amide bonds. The van der Waals surface area contributed by atoms with Gasteiger partial charge in [0.2, 0.25) is 0 Å². The van der Waals surface area contributed by atoms with Crippen molar-refractivity contribution >= 4 is 34.8 Å². The highest BCUT2D eigenvalue weighted by Crippen LogP contribution is 2.23. The Labute approximate surface area is 195 Å². The summed E-state index contributed by atoms with van der Waals surface area (Å²) in [6.07, 6.45) is 1.54. The lowest BCUT2D eigenvalue weighted by molar-refractivity contribution is -0.118. The molecular formula is C25H22N4O3S. The van der Waals surface area contributed by atoms with Crippen molar-refractivity contribution in [2.45, 2.75) is 12.1 Å². The highest BCUT2D eigenvalue weighted by atomic mass is 32.2. The molecule has 0 radical (unpaired) electrons. The van der Waals surface area contributed by atoms with Crippen LogP contribution >= 0.6 is 11.8 Å². The summed E-state index contributed by atoms with van der Waals surface area (Å²) in [5.74, 6) is 0.446. The Kier molecular flexibility index (Phi) is 6.85. The Morgan fingerprint density at radius 1 is 1.12 bits per heavy atom. The van der Waals surface area contributed by atoms with E-state index in [2.05, 4.69) is 15.5 Å². The third kappa shape index (κ3) is 5.12. The molecule has 0 spiro atoms. The van der Waals surface area contributed by atoms with Gasteiger partial charge in [-0.2, -0.15) is 5.10 Å². The van der Waals surface area contributed by atoms with Crippen LogP contribution in [0.5, 0.6) is 5.75 Å². The fourth-order valence-electron chi connectivity index (χ4n) is 3.30. The Bertz CT molecular complexity index is 1400. The van der Waals surface area contributed by atoms with Gasteiger partial charge in [-0.25, -0.2) is 10.4 Å². The van der Waals surface area contributed by atoms with Gasteiger partial charge >= 0.3 is 0 Å². The third-order valence-corrected chi connectivity index (χ3v) is 5.87. The topological polar surface area (TPSA) is 85.6 Å². The predicted molar refractivity (Wildman–Crippen MR) is 132 cm³/mol. The molecule has 7 nitrogen and oxygen atoms in total. The number of aryl methyl sites for hydroxylation is 1. The van der Waals surface area contributed by atoms with Gasteiger partial charge in [-0.15, -0.1) is 0 Å². The van der Waals surface area contributed by atoms with E-state index in [1.54, 1.807) is 30.0 Å². The number of hydrogen-bond acceptors (Lipinski definition) is 6. The number of thioether (sulfide) groups is 1. The van der Waals surface area contributed by atoms with Crippen molar-refractivity contribution in [1.29, 1.82) is 0 Å². The molecule has 0 aliphatic heterocycles. The largest absolute Gasteiger partial charge is 0.497 e. The zero-order valence-electron chi connectivity index (χ0n) is 18.2. The maximum Gasteiger partial charge on any atom is 0.266 e. The van der Waals surface area contributed by atoms with Crippen LogP contribution in [-0.4, -0.2) is 34.5 Å². The van der Waals surface area contributed by atoms with E-state index in [4.69, 9.17) is 4.74 Å². The summed E-state index contributed by atoms with van der Waals surface area (Å²) in [6.45, 7) is 1.94. The first-order chi connectivity index (χ1) is 16.1. The summed E-state index contributed by atoms with van der Waals surface area (Å²) in [5.41, 5.74) is 5.40. The number of carbonyl (C=O) groups is 1. The van der Waals surface area contributed by atoms with Gasteiger partial charge in [0.25, 0.3) is 11.5 Å². The fraction of sp³-hybridized carbons (Fsp3) is 0.120. The van der Waals surface area contributed by atoms with E-state index in [0.29, 0.717) is 21.8 Å². The molecule has 4 rings (SSSR count). The monoisotopic (exact) mass is 458 g/mol. The lowest BCUT2D eigenvalue weighted by Gasteiger charge is -2.14. The van der Waals surface area contributed by atoms with Crippen LogP contribution in [0.2, 0.25) is 0 Å². The van der Waals surface area contributed by atoms with Crippen LogP contribution in [0.15, 0.2) is 87.8 Å². The lowest BCUT2D eigenvalue weighted by Crippen LogP contribution is -2.24. The Hall–Kier alpha value is -3.91. The van der Waals surface area contributed by atoms with Crippen molar-refractivity contribution in [1.82, 2.24) is 15.0 Å². The minimum absolute atomic E-state index is 0.0477. The second kappa shape index (κ2) is 10.1. The second-order valence-electron chi connectivity index (χ2n) is 7.20. The molecule has 0 atom stereocenters. The quantitative estimate of drug-likeness (QED) is 0.196. The Balaban J connectivity index is 1.56. The second-order valence-corrected chi connectivity index (χ2v) is 8.14. The van der Waals surface area contributed by atoms with E-state index in [1.165, 1.54) is 11.8 Å². The maximum absolute atomic E-state index is 13.3. The summed E-state index contributed by atoms with van der Waals surface area (Å²) in [5, 5.41) is 4.98. The van der Waals surface area contributed by atoms with E-state index in [1.807, 2.05) is 67.6 Å². The van der Waals surface area contributed by atoms with Crippen LogP contribution in [0.4, 0.5) is 0 Å². The molecule has 3 aromatic carbocycles. The molecule has 0 fully saturated rings. The van der Waals surface area contributed by atoms with Gasteiger partial charge in [0, 0.05) is 0 Å². The van der Waals surface area contributed by atoms with Crippen LogP contribution in [-0.2, 0) is 4.79 Å². The number of methoxy groups -OCH3 is 1. The zero-order valence-corrected chi connectivity index (χ0v) is 19.0. The molecule has 0 saturated carbocycles. The zero-order chi connectivity index (χ0) is 23.2. The van der Waals surface area contributed by atoms with Crippen LogP contribution in [0, 0.1) is 6.92 Å². The van der Waals surface area contributed by atoms with E-state index >= 15 is 0 Å². The number of nitrogens with one attached hydrogen (secondary N) is 1. The first-order valence-electron chi connectivity index (χ1n) is 10.2. The lowest BCUT2D eigenvalue weighted by atomic mass is 10.2. The first kappa shape index (κ1) is 22.3. The van der Waals surface area contributed by atoms with Crippen LogP contribution in [0.1, 0.15) is 11.1 Å². The summed E-state index contributed by atoms with van der Waals surface area (Å²) >= 11 is 1.19. The average molecular weight is 459 g/mol. The number of aromatic nitrogens is 2. The summed E-state index contributed by atoms with van der Waals surface area (Å²) < 4.78 is 6.74. The van der Waals surface area contributed by atoms with Crippen LogP contribution < -0.4 is 15.7 Å². The highest BCUT2D eigenvalue weighted by Gasteiger charge is 2.15. The van der Waals surface area contributed by atoms with Gasteiger partial charge in [-0.1, -0.05) is 54.2 Å². The third-order valence-electron chi connectivity index (χ3n) is 4.93. The first-order valence-corrected chi connectivity index (χ1v) is 11.2. The number of amides is 1. The van der Waals surface area contributed by atoms with E-state index < -0.39 is 0 Å². The number of benzene rings is 3. The highest BCUT2D eigenvalue weighted by molar-refractivity contribution is 7.99. The van der Waals surface area contributed by atoms with Crippen LogP contribution in [0.3, 0.4) is 0 Å². The number of para-hydroxylation sites is 2. The van der Waals surface area contributed by atoms with Gasteiger partial charge in [0.1, 0.15) is 5.75 Å². The van der Waals surface area contributed by atoms with Gasteiger partial charge < -0.3 is 4.74 Å². The molecular weight excluding hydrogens is 436 g/mol. The van der Waals surface area contributed by atoms with E-state index in [9.17, 15) is 9.59 Å². The van der Waals surface area contributed by atoms with Gasteiger partial charge in [-0.3, -0.25) is 14.2 Å².